The molecule has 0 radical (unpaired) electrons. The predicted octanol–water partition coefficient (Wildman–Crippen LogP) is 3.38. The smallest absolute Gasteiger partial charge is 0.185 e. The van der Waals surface area contributed by atoms with E-state index in [1.807, 2.05) is 6.20 Å². The molecule has 0 aliphatic heterocycles. The normalized spacial score (nSPS) is 12.6. The molecule has 2 rings (SSSR count). The van der Waals surface area contributed by atoms with Crippen LogP contribution in [0.4, 0.5) is 5.13 Å². The van der Waals surface area contributed by atoms with Gasteiger partial charge in [0.25, 0.3) is 0 Å². The van der Waals surface area contributed by atoms with Crippen LogP contribution in [0.25, 0.3) is 0 Å². The Labute approximate surface area is 144 Å². The molecule has 0 saturated heterocycles. The lowest BCUT2D eigenvalue weighted by molar-refractivity contribution is 0.288. The zero-order chi connectivity index (χ0) is 16.7. The van der Waals surface area contributed by atoms with Gasteiger partial charge in [0.2, 0.25) is 0 Å². The average molecular weight is 333 g/mol. The number of thiazole rings is 1. The van der Waals surface area contributed by atoms with E-state index in [1.165, 1.54) is 10.4 Å². The molecule has 1 unspecified atom stereocenters. The van der Waals surface area contributed by atoms with Gasteiger partial charge in [0.1, 0.15) is 0 Å². The van der Waals surface area contributed by atoms with Crippen molar-refractivity contribution in [2.24, 2.45) is 0 Å². The molecule has 0 saturated carbocycles. The summed E-state index contributed by atoms with van der Waals surface area (Å²) >= 11 is 1.78. The molecule has 0 aliphatic rings. The fourth-order valence-electron chi connectivity index (χ4n) is 2.63. The van der Waals surface area contributed by atoms with Crippen LogP contribution in [0.2, 0.25) is 0 Å². The van der Waals surface area contributed by atoms with Crippen molar-refractivity contribution in [1.29, 1.82) is 0 Å². The molecule has 2 aromatic rings. The number of hydrogen-bond donors (Lipinski definition) is 1. The summed E-state index contributed by atoms with van der Waals surface area (Å²) in [6.45, 7) is 8.15. The van der Waals surface area contributed by atoms with Crippen LogP contribution in [0.5, 0.6) is 0 Å². The van der Waals surface area contributed by atoms with Gasteiger partial charge in [-0.15, -0.1) is 11.3 Å². The van der Waals surface area contributed by atoms with Crippen LogP contribution < -0.4 is 10.2 Å². The molecule has 4 nitrogen and oxygen atoms in total. The van der Waals surface area contributed by atoms with E-state index in [-0.39, 0.29) is 0 Å². The van der Waals surface area contributed by atoms with Crippen LogP contribution in [-0.4, -0.2) is 43.6 Å². The van der Waals surface area contributed by atoms with Gasteiger partial charge in [-0.2, -0.15) is 0 Å². The second-order valence-corrected chi connectivity index (χ2v) is 6.90. The Hall–Kier alpha value is -1.43. The van der Waals surface area contributed by atoms with Gasteiger partial charge in [-0.1, -0.05) is 30.3 Å². The highest BCUT2D eigenvalue weighted by molar-refractivity contribution is 7.15. The summed E-state index contributed by atoms with van der Waals surface area (Å²) in [6, 6.07) is 11.0. The minimum Gasteiger partial charge on any atom is -0.349 e. The number of nitrogens with one attached hydrogen (secondary N) is 1. The SMILES string of the molecule is CCN(CC)c1ncc(CNCC(c2ccccc2)N(C)C)s1. The zero-order valence-corrected chi connectivity index (χ0v) is 15.4. The molecule has 1 heterocycles. The molecule has 1 aromatic carbocycles. The molecule has 1 atom stereocenters. The third-order valence-corrected chi connectivity index (χ3v) is 5.08. The lowest BCUT2D eigenvalue weighted by Crippen LogP contribution is -2.30. The van der Waals surface area contributed by atoms with Crippen LogP contribution in [0.3, 0.4) is 0 Å². The fraction of sp³-hybridized carbons (Fsp3) is 0.500. The monoisotopic (exact) mass is 332 g/mol. The maximum atomic E-state index is 4.54. The molecule has 23 heavy (non-hydrogen) atoms. The lowest BCUT2D eigenvalue weighted by Gasteiger charge is -2.25. The third kappa shape index (κ3) is 5.03. The number of likely N-dealkylation sites (N-methyl/N-ethyl adjacent to an activating group) is 1. The summed E-state index contributed by atoms with van der Waals surface area (Å²) < 4.78 is 0. The summed E-state index contributed by atoms with van der Waals surface area (Å²) in [7, 11) is 4.26. The van der Waals surface area contributed by atoms with Gasteiger partial charge in [-0.3, -0.25) is 0 Å². The van der Waals surface area contributed by atoms with E-state index in [9.17, 15) is 0 Å². The second kappa shape index (κ2) is 9.01. The first-order chi connectivity index (χ1) is 11.2. The largest absolute Gasteiger partial charge is 0.349 e. The molecular formula is C18H28N4S. The maximum Gasteiger partial charge on any atom is 0.185 e. The summed E-state index contributed by atoms with van der Waals surface area (Å²) in [6.07, 6.45) is 2.00. The van der Waals surface area contributed by atoms with Crippen molar-refractivity contribution in [2.75, 3.05) is 38.6 Å². The molecule has 126 valence electrons. The first-order valence-electron chi connectivity index (χ1n) is 8.27. The summed E-state index contributed by atoms with van der Waals surface area (Å²) in [5.74, 6) is 0. The van der Waals surface area contributed by atoms with Crippen molar-refractivity contribution in [3.63, 3.8) is 0 Å². The van der Waals surface area contributed by atoms with Crippen LogP contribution in [0, 0.1) is 0 Å². The Kier molecular flexibility index (Phi) is 7.02. The highest BCUT2D eigenvalue weighted by Crippen LogP contribution is 2.22. The van der Waals surface area contributed by atoms with Gasteiger partial charge in [-0.05, 0) is 33.5 Å². The minimum absolute atomic E-state index is 0.381. The zero-order valence-electron chi connectivity index (χ0n) is 14.6. The van der Waals surface area contributed by atoms with Crippen molar-refractivity contribution < 1.29 is 0 Å². The van der Waals surface area contributed by atoms with Gasteiger partial charge in [0.05, 0.1) is 0 Å². The Morgan fingerprint density at radius 1 is 1.13 bits per heavy atom. The van der Waals surface area contributed by atoms with Gasteiger partial charge in [0.15, 0.2) is 5.13 Å². The van der Waals surface area contributed by atoms with Crippen LogP contribution in [0.1, 0.15) is 30.3 Å². The number of benzene rings is 1. The van der Waals surface area contributed by atoms with Crippen molar-refractivity contribution >= 4 is 16.5 Å². The molecule has 0 aliphatic carbocycles. The second-order valence-electron chi connectivity index (χ2n) is 5.80. The number of anilines is 1. The first-order valence-corrected chi connectivity index (χ1v) is 9.09. The average Bonchev–Trinajstić information content (AvgIpc) is 3.02. The quantitative estimate of drug-likeness (QED) is 0.763. The number of hydrogen-bond acceptors (Lipinski definition) is 5. The van der Waals surface area contributed by atoms with E-state index in [0.717, 1.165) is 31.3 Å². The van der Waals surface area contributed by atoms with E-state index in [4.69, 9.17) is 0 Å². The number of aromatic nitrogens is 1. The first kappa shape index (κ1) is 17.9. The molecular weight excluding hydrogens is 304 g/mol. The Morgan fingerprint density at radius 2 is 1.83 bits per heavy atom. The van der Waals surface area contributed by atoms with Crippen molar-refractivity contribution in [1.82, 2.24) is 15.2 Å². The number of rotatable bonds is 9. The maximum absolute atomic E-state index is 4.54. The molecule has 1 aromatic heterocycles. The Balaban J connectivity index is 1.90. The number of nitrogens with zero attached hydrogens (tertiary/aromatic N) is 3. The molecule has 0 amide bonds. The highest BCUT2D eigenvalue weighted by atomic mass is 32.1. The Bertz CT molecular complexity index is 563. The van der Waals surface area contributed by atoms with Crippen molar-refractivity contribution in [3.05, 3.63) is 47.0 Å². The van der Waals surface area contributed by atoms with Crippen LogP contribution in [0.15, 0.2) is 36.5 Å². The summed E-state index contributed by atoms with van der Waals surface area (Å²) in [4.78, 5) is 10.4. The van der Waals surface area contributed by atoms with Crippen molar-refractivity contribution in [2.45, 2.75) is 26.4 Å². The highest BCUT2D eigenvalue weighted by Gasteiger charge is 2.13. The molecule has 0 bridgehead atoms. The predicted molar refractivity (Wildman–Crippen MR) is 100 cm³/mol. The molecule has 0 fully saturated rings. The van der Waals surface area contributed by atoms with Gasteiger partial charge in [0, 0.05) is 43.3 Å². The minimum atomic E-state index is 0.381. The summed E-state index contributed by atoms with van der Waals surface area (Å²) in [5.41, 5.74) is 1.35. The van der Waals surface area contributed by atoms with E-state index in [1.54, 1.807) is 11.3 Å². The fourth-order valence-corrected chi connectivity index (χ4v) is 3.63. The van der Waals surface area contributed by atoms with Crippen LogP contribution >= 0.6 is 11.3 Å². The Morgan fingerprint density at radius 3 is 2.43 bits per heavy atom. The third-order valence-electron chi connectivity index (χ3n) is 4.02. The topological polar surface area (TPSA) is 31.4 Å². The molecule has 1 N–H and O–H groups in total. The van der Waals surface area contributed by atoms with E-state index >= 15 is 0 Å². The van der Waals surface area contributed by atoms with Crippen LogP contribution in [-0.2, 0) is 6.54 Å². The molecule has 0 spiro atoms. The van der Waals surface area contributed by atoms with Gasteiger partial charge >= 0.3 is 0 Å². The van der Waals surface area contributed by atoms with E-state index in [2.05, 4.69) is 78.4 Å². The van der Waals surface area contributed by atoms with Gasteiger partial charge in [-0.25, -0.2) is 4.98 Å². The van der Waals surface area contributed by atoms with Gasteiger partial charge < -0.3 is 15.1 Å². The van der Waals surface area contributed by atoms with E-state index in [0.29, 0.717) is 6.04 Å². The van der Waals surface area contributed by atoms with Crippen molar-refractivity contribution in [3.8, 4) is 0 Å². The standard InChI is InChI=1S/C18H28N4S/c1-5-22(6-2)18-20-13-16(23-18)12-19-14-17(21(3)4)15-10-8-7-9-11-15/h7-11,13,17,19H,5-6,12,14H2,1-4H3. The lowest BCUT2D eigenvalue weighted by atomic mass is 10.1. The summed E-state index contributed by atoms with van der Waals surface area (Å²) in [5, 5.41) is 4.70. The molecule has 5 heteroatoms. The van der Waals surface area contributed by atoms with E-state index < -0.39 is 0 Å².